The maximum atomic E-state index is 12.2. The van der Waals surface area contributed by atoms with Gasteiger partial charge in [-0.25, -0.2) is 0 Å². The second-order valence-corrected chi connectivity index (χ2v) is 13.0. The normalized spacial score (nSPS) is 46.4. The van der Waals surface area contributed by atoms with Crippen LogP contribution in [0.2, 0.25) is 0 Å². The van der Waals surface area contributed by atoms with Gasteiger partial charge in [0, 0.05) is 19.3 Å². The Morgan fingerprint density at radius 2 is 1.72 bits per heavy atom. The minimum atomic E-state index is -0.133. The predicted octanol–water partition coefficient (Wildman–Crippen LogP) is 6.54. The largest absolute Gasteiger partial charge is 0.469 e. The highest BCUT2D eigenvalue weighted by Gasteiger charge is 2.65. The molecule has 0 N–H and O–H groups in total. The van der Waals surface area contributed by atoms with Gasteiger partial charge in [0.1, 0.15) is 6.10 Å². The van der Waals surface area contributed by atoms with Gasteiger partial charge in [-0.1, -0.05) is 49.5 Å². The lowest BCUT2D eigenvalue weighted by Crippen LogP contribution is -2.62. The number of rotatable bonds is 5. The first-order chi connectivity index (χ1) is 15.1. The van der Waals surface area contributed by atoms with Gasteiger partial charge in [-0.3, -0.25) is 9.59 Å². The molecule has 0 spiro atoms. The lowest BCUT2D eigenvalue weighted by atomic mass is 9.43. The molecule has 4 nitrogen and oxygen atoms in total. The molecule has 0 aromatic heterocycles. The van der Waals surface area contributed by atoms with E-state index in [9.17, 15) is 9.59 Å². The van der Waals surface area contributed by atoms with E-state index >= 15 is 0 Å². The first-order valence-corrected chi connectivity index (χ1v) is 13.9. The molecule has 0 unspecified atom stereocenters. The topological polar surface area (TPSA) is 52.6 Å². The molecular formula is C27H43BrO4. The van der Waals surface area contributed by atoms with Crippen molar-refractivity contribution >= 4 is 27.9 Å². The number of hydrogen-bond acceptors (Lipinski definition) is 4. The minimum absolute atomic E-state index is 0.0116. The molecule has 0 aliphatic heterocycles. The van der Waals surface area contributed by atoms with Gasteiger partial charge < -0.3 is 9.47 Å². The van der Waals surface area contributed by atoms with E-state index in [4.69, 9.17) is 9.47 Å². The second kappa shape index (κ2) is 9.23. The highest BCUT2D eigenvalue weighted by molar-refractivity contribution is 9.09. The van der Waals surface area contributed by atoms with Gasteiger partial charge >= 0.3 is 11.9 Å². The Kier molecular flexibility index (Phi) is 7.08. The van der Waals surface area contributed by atoms with E-state index in [1.807, 2.05) is 0 Å². The van der Waals surface area contributed by atoms with E-state index in [2.05, 4.69) is 36.7 Å². The summed E-state index contributed by atoms with van der Waals surface area (Å²) in [7, 11) is 1.48. The third-order valence-electron chi connectivity index (χ3n) is 10.7. The lowest BCUT2D eigenvalue weighted by Gasteiger charge is -2.63. The Hall–Kier alpha value is -0.580. The van der Waals surface area contributed by atoms with Crippen LogP contribution in [0.15, 0.2) is 0 Å². The molecule has 32 heavy (non-hydrogen) atoms. The number of ether oxygens (including phenoxy) is 2. The zero-order chi connectivity index (χ0) is 23.3. The van der Waals surface area contributed by atoms with E-state index in [-0.39, 0.29) is 28.3 Å². The summed E-state index contributed by atoms with van der Waals surface area (Å²) in [6.07, 6.45) is 11.6. The van der Waals surface area contributed by atoms with E-state index in [0.29, 0.717) is 47.3 Å². The summed E-state index contributed by atoms with van der Waals surface area (Å²) in [6.45, 7) is 8.99. The zero-order valence-corrected chi connectivity index (χ0v) is 22.3. The fraction of sp³-hybridized carbons (Fsp3) is 0.926. The van der Waals surface area contributed by atoms with Crippen LogP contribution in [0.4, 0.5) is 0 Å². The molecule has 4 aliphatic rings. The fourth-order valence-corrected chi connectivity index (χ4v) is 10.5. The molecule has 5 heteroatoms. The third-order valence-corrected chi connectivity index (χ3v) is 11.8. The van der Waals surface area contributed by atoms with Crippen molar-refractivity contribution in [3.05, 3.63) is 0 Å². The summed E-state index contributed by atoms with van der Waals surface area (Å²) in [6, 6.07) is 0. The summed E-state index contributed by atoms with van der Waals surface area (Å²) in [5.41, 5.74) is 0.614. The SMILES string of the molecule is COC(=O)CC[C@H](C)[C@H]1CC[C@H]2[C@H]3[C@H](OC(C)=O)[C@H](Br)[C@@H]4CCCC[C@]4(C)[C@H]3CC[C@]12C. The number of carbonyl (C=O) groups excluding carboxylic acids is 2. The summed E-state index contributed by atoms with van der Waals surface area (Å²) < 4.78 is 11.1. The standard InChI is InChI=1S/C27H43BrO4/c1-16(9-12-22(30)31-5)18-10-11-19-23-20(13-15-27(18,19)4)26(3)14-7-6-8-21(26)24(28)25(23)32-17(2)29/h16,18-21,23-25H,6-15H2,1-5H3/t16-,18+,19-,20-,21-,23+,24+,25-,26+,27+/m0/s1. The number of carbonyl (C=O) groups is 2. The quantitative estimate of drug-likeness (QED) is 0.311. The maximum absolute atomic E-state index is 12.2. The van der Waals surface area contributed by atoms with Crippen molar-refractivity contribution in [1.82, 2.24) is 0 Å². The van der Waals surface area contributed by atoms with Gasteiger partial charge in [-0.15, -0.1) is 0 Å². The van der Waals surface area contributed by atoms with Crippen LogP contribution in [0.3, 0.4) is 0 Å². The van der Waals surface area contributed by atoms with E-state index in [0.717, 1.165) is 6.42 Å². The third kappa shape index (κ3) is 3.96. The molecule has 0 saturated heterocycles. The Bertz CT molecular complexity index is 724. The highest BCUT2D eigenvalue weighted by Crippen LogP contribution is 2.69. The maximum Gasteiger partial charge on any atom is 0.305 e. The van der Waals surface area contributed by atoms with Crippen LogP contribution in [-0.2, 0) is 19.1 Å². The molecule has 0 bridgehead atoms. The van der Waals surface area contributed by atoms with E-state index < -0.39 is 0 Å². The van der Waals surface area contributed by atoms with Gasteiger partial charge in [0.05, 0.1) is 11.9 Å². The number of alkyl halides is 1. The molecule has 4 rings (SSSR count). The molecule has 0 aromatic carbocycles. The molecule has 182 valence electrons. The molecule has 0 aromatic rings. The van der Waals surface area contributed by atoms with Gasteiger partial charge in [-0.2, -0.15) is 0 Å². The van der Waals surface area contributed by atoms with Gasteiger partial charge in [0.25, 0.3) is 0 Å². The van der Waals surface area contributed by atoms with Crippen LogP contribution >= 0.6 is 15.9 Å². The van der Waals surface area contributed by atoms with Gasteiger partial charge in [0.15, 0.2) is 0 Å². The zero-order valence-electron chi connectivity index (χ0n) is 20.7. The van der Waals surface area contributed by atoms with Crippen molar-refractivity contribution in [2.45, 2.75) is 103 Å². The van der Waals surface area contributed by atoms with Crippen LogP contribution in [0.25, 0.3) is 0 Å². The number of hydrogen-bond donors (Lipinski definition) is 0. The molecule has 4 fully saturated rings. The summed E-state index contributed by atoms with van der Waals surface area (Å²) in [5, 5.41) is 0. The monoisotopic (exact) mass is 510 g/mol. The van der Waals surface area contributed by atoms with E-state index in [1.54, 1.807) is 6.92 Å². The van der Waals surface area contributed by atoms with Crippen LogP contribution in [0.1, 0.15) is 91.9 Å². The Labute approximate surface area is 203 Å². The van der Waals surface area contributed by atoms with Crippen LogP contribution in [0.5, 0.6) is 0 Å². The molecule has 0 heterocycles. The fourth-order valence-electron chi connectivity index (χ4n) is 9.19. The number of halogens is 1. The molecule has 4 saturated carbocycles. The van der Waals surface area contributed by atoms with E-state index in [1.165, 1.54) is 58.5 Å². The molecule has 0 radical (unpaired) electrons. The Balaban J connectivity index is 1.63. The second-order valence-electron chi connectivity index (χ2n) is 12.0. The molecule has 0 amide bonds. The van der Waals surface area contributed by atoms with Crippen LogP contribution in [-0.4, -0.2) is 30.0 Å². The average molecular weight is 512 g/mol. The summed E-state index contributed by atoms with van der Waals surface area (Å²) >= 11 is 4.10. The highest BCUT2D eigenvalue weighted by atomic mass is 79.9. The van der Waals surface area contributed by atoms with Crippen LogP contribution in [0, 0.1) is 46.3 Å². The lowest BCUT2D eigenvalue weighted by molar-refractivity contribution is -0.185. The van der Waals surface area contributed by atoms with Crippen molar-refractivity contribution in [3.63, 3.8) is 0 Å². The van der Waals surface area contributed by atoms with Crippen molar-refractivity contribution in [3.8, 4) is 0 Å². The van der Waals surface area contributed by atoms with Crippen molar-refractivity contribution in [1.29, 1.82) is 0 Å². The minimum Gasteiger partial charge on any atom is -0.469 e. The average Bonchev–Trinajstić information content (AvgIpc) is 3.11. The smallest absolute Gasteiger partial charge is 0.305 e. The molecule has 10 atom stereocenters. The van der Waals surface area contributed by atoms with Crippen molar-refractivity contribution in [2.24, 2.45) is 46.3 Å². The Morgan fingerprint density at radius 3 is 2.41 bits per heavy atom. The van der Waals surface area contributed by atoms with Crippen molar-refractivity contribution in [2.75, 3.05) is 7.11 Å². The first-order valence-electron chi connectivity index (χ1n) is 13.0. The number of esters is 2. The Morgan fingerprint density at radius 1 is 1.00 bits per heavy atom. The van der Waals surface area contributed by atoms with Crippen LogP contribution < -0.4 is 0 Å². The van der Waals surface area contributed by atoms with Crippen molar-refractivity contribution < 1.29 is 19.1 Å². The molecular weight excluding hydrogens is 468 g/mol. The molecule has 4 aliphatic carbocycles. The number of fused-ring (bicyclic) bond motifs is 5. The van der Waals surface area contributed by atoms with Gasteiger partial charge in [0.2, 0.25) is 0 Å². The van der Waals surface area contributed by atoms with Gasteiger partial charge in [-0.05, 0) is 85.4 Å². The summed E-state index contributed by atoms with van der Waals surface area (Å²) in [5.74, 6) is 3.19. The first kappa shape index (κ1) is 24.5. The summed E-state index contributed by atoms with van der Waals surface area (Å²) in [4.78, 5) is 24.2. The number of methoxy groups -OCH3 is 1. The predicted molar refractivity (Wildman–Crippen MR) is 129 cm³/mol.